The highest BCUT2D eigenvalue weighted by atomic mass is 16.5. The summed E-state index contributed by atoms with van der Waals surface area (Å²) in [5, 5.41) is 9.82. The monoisotopic (exact) mass is 260 g/mol. The Labute approximate surface area is 112 Å². The van der Waals surface area contributed by atoms with Gasteiger partial charge in [-0.1, -0.05) is 13.8 Å². The molecule has 0 radical (unpaired) electrons. The summed E-state index contributed by atoms with van der Waals surface area (Å²) in [5.74, 6) is 0.675. The Morgan fingerprint density at radius 2 is 1.94 bits per heavy atom. The third-order valence-corrected chi connectivity index (χ3v) is 3.11. The SMILES string of the molecule is COCCN(CCCCC(C)(O)CN)CC(C)C. The van der Waals surface area contributed by atoms with Gasteiger partial charge in [0, 0.05) is 26.7 Å². The number of hydrogen-bond acceptors (Lipinski definition) is 4. The van der Waals surface area contributed by atoms with E-state index < -0.39 is 5.60 Å². The predicted molar refractivity (Wildman–Crippen MR) is 76.7 cm³/mol. The number of ether oxygens (including phenoxy) is 1. The van der Waals surface area contributed by atoms with Gasteiger partial charge in [-0.2, -0.15) is 0 Å². The minimum atomic E-state index is -0.699. The van der Waals surface area contributed by atoms with Crippen molar-refractivity contribution in [3.63, 3.8) is 0 Å². The summed E-state index contributed by atoms with van der Waals surface area (Å²) in [6.45, 7) is 10.6. The highest BCUT2D eigenvalue weighted by Crippen LogP contribution is 2.12. The van der Waals surface area contributed by atoms with Gasteiger partial charge < -0.3 is 20.5 Å². The van der Waals surface area contributed by atoms with E-state index in [9.17, 15) is 5.11 Å². The van der Waals surface area contributed by atoms with Crippen LogP contribution in [0.5, 0.6) is 0 Å². The van der Waals surface area contributed by atoms with Gasteiger partial charge in [0.05, 0.1) is 12.2 Å². The molecular weight excluding hydrogens is 228 g/mol. The van der Waals surface area contributed by atoms with Gasteiger partial charge in [-0.15, -0.1) is 0 Å². The fraction of sp³-hybridized carbons (Fsp3) is 1.00. The molecular formula is C14H32N2O2. The molecule has 0 aromatic heterocycles. The molecule has 18 heavy (non-hydrogen) atoms. The van der Waals surface area contributed by atoms with E-state index in [4.69, 9.17) is 10.5 Å². The summed E-state index contributed by atoms with van der Waals surface area (Å²) >= 11 is 0. The van der Waals surface area contributed by atoms with Crippen LogP contribution in [0.25, 0.3) is 0 Å². The third-order valence-electron chi connectivity index (χ3n) is 3.11. The van der Waals surface area contributed by atoms with Crippen LogP contribution in [0, 0.1) is 5.92 Å². The number of rotatable bonds is 11. The lowest BCUT2D eigenvalue weighted by atomic mass is 9.99. The first-order valence-corrected chi connectivity index (χ1v) is 7.05. The fourth-order valence-electron chi connectivity index (χ4n) is 1.97. The summed E-state index contributed by atoms with van der Waals surface area (Å²) in [4.78, 5) is 2.44. The van der Waals surface area contributed by atoms with Crippen molar-refractivity contribution in [2.45, 2.75) is 45.6 Å². The normalized spacial score (nSPS) is 15.3. The summed E-state index contributed by atoms with van der Waals surface area (Å²) in [5.41, 5.74) is 4.80. The van der Waals surface area contributed by atoms with Crippen LogP contribution in [-0.2, 0) is 4.74 Å². The number of nitrogens with two attached hydrogens (primary N) is 1. The number of hydrogen-bond donors (Lipinski definition) is 2. The number of nitrogens with zero attached hydrogens (tertiary/aromatic N) is 1. The number of unbranched alkanes of at least 4 members (excludes halogenated alkanes) is 1. The zero-order valence-electron chi connectivity index (χ0n) is 12.6. The van der Waals surface area contributed by atoms with E-state index in [0.29, 0.717) is 12.5 Å². The average molecular weight is 260 g/mol. The Balaban J connectivity index is 3.81. The third kappa shape index (κ3) is 9.83. The second kappa shape index (κ2) is 9.73. The van der Waals surface area contributed by atoms with Gasteiger partial charge in [-0.05, 0) is 38.6 Å². The Hall–Kier alpha value is -0.160. The van der Waals surface area contributed by atoms with Crippen molar-refractivity contribution in [1.82, 2.24) is 4.90 Å². The second-order valence-corrected chi connectivity index (χ2v) is 5.85. The van der Waals surface area contributed by atoms with Crippen LogP contribution in [0.15, 0.2) is 0 Å². The summed E-state index contributed by atoms with van der Waals surface area (Å²) in [6.07, 6.45) is 2.90. The lowest BCUT2D eigenvalue weighted by molar-refractivity contribution is 0.0557. The molecule has 0 aliphatic carbocycles. The molecule has 0 rings (SSSR count). The standard InChI is InChI=1S/C14H32N2O2/c1-13(2)11-16(9-10-18-4)8-6-5-7-14(3,17)12-15/h13,17H,5-12,15H2,1-4H3. The first-order chi connectivity index (χ1) is 8.41. The van der Waals surface area contributed by atoms with Crippen molar-refractivity contribution < 1.29 is 9.84 Å². The minimum absolute atomic E-state index is 0.340. The zero-order valence-corrected chi connectivity index (χ0v) is 12.6. The molecule has 1 unspecified atom stereocenters. The summed E-state index contributed by atoms with van der Waals surface area (Å²) < 4.78 is 5.13. The van der Waals surface area contributed by atoms with Gasteiger partial charge in [0.25, 0.3) is 0 Å². The van der Waals surface area contributed by atoms with Gasteiger partial charge in [-0.3, -0.25) is 0 Å². The molecule has 0 bridgehead atoms. The fourth-order valence-corrected chi connectivity index (χ4v) is 1.97. The van der Waals surface area contributed by atoms with Crippen molar-refractivity contribution >= 4 is 0 Å². The van der Waals surface area contributed by atoms with Gasteiger partial charge in [-0.25, -0.2) is 0 Å². The van der Waals surface area contributed by atoms with E-state index in [1.54, 1.807) is 7.11 Å². The molecule has 1 atom stereocenters. The molecule has 4 heteroatoms. The van der Waals surface area contributed by atoms with E-state index in [-0.39, 0.29) is 0 Å². The van der Waals surface area contributed by atoms with Crippen LogP contribution in [-0.4, -0.2) is 55.5 Å². The molecule has 3 N–H and O–H groups in total. The van der Waals surface area contributed by atoms with Crippen molar-refractivity contribution in [2.24, 2.45) is 11.7 Å². The second-order valence-electron chi connectivity index (χ2n) is 5.85. The summed E-state index contributed by atoms with van der Waals surface area (Å²) in [6, 6.07) is 0. The molecule has 0 aliphatic rings. The maximum absolute atomic E-state index is 9.82. The first kappa shape index (κ1) is 17.8. The first-order valence-electron chi connectivity index (χ1n) is 7.05. The summed E-state index contributed by atoms with van der Waals surface area (Å²) in [7, 11) is 1.74. The van der Waals surface area contributed by atoms with Crippen LogP contribution < -0.4 is 5.73 Å². The van der Waals surface area contributed by atoms with Crippen molar-refractivity contribution in [3.05, 3.63) is 0 Å². The van der Waals surface area contributed by atoms with Crippen molar-refractivity contribution in [3.8, 4) is 0 Å². The Kier molecular flexibility index (Phi) is 9.64. The van der Waals surface area contributed by atoms with Crippen LogP contribution in [0.4, 0.5) is 0 Å². The molecule has 0 heterocycles. The smallest absolute Gasteiger partial charge is 0.0741 e. The largest absolute Gasteiger partial charge is 0.389 e. The van der Waals surface area contributed by atoms with Gasteiger partial charge in [0.15, 0.2) is 0 Å². The topological polar surface area (TPSA) is 58.7 Å². The molecule has 110 valence electrons. The highest BCUT2D eigenvalue weighted by molar-refractivity contribution is 4.73. The maximum Gasteiger partial charge on any atom is 0.0741 e. The molecule has 0 saturated heterocycles. The Morgan fingerprint density at radius 3 is 2.44 bits per heavy atom. The molecule has 0 amide bonds. The van der Waals surface area contributed by atoms with E-state index in [2.05, 4.69) is 18.7 Å². The van der Waals surface area contributed by atoms with E-state index in [1.165, 1.54) is 0 Å². The van der Waals surface area contributed by atoms with Gasteiger partial charge in [0.1, 0.15) is 0 Å². The van der Waals surface area contributed by atoms with Crippen molar-refractivity contribution in [2.75, 3.05) is 39.9 Å². The molecule has 0 aliphatic heterocycles. The zero-order chi connectivity index (χ0) is 14.0. The minimum Gasteiger partial charge on any atom is -0.389 e. The number of aliphatic hydroxyl groups is 1. The molecule has 0 saturated carbocycles. The molecule has 0 aromatic carbocycles. The molecule has 0 aromatic rings. The van der Waals surface area contributed by atoms with Crippen LogP contribution in [0.3, 0.4) is 0 Å². The van der Waals surface area contributed by atoms with Gasteiger partial charge >= 0.3 is 0 Å². The Bertz CT molecular complexity index is 196. The van der Waals surface area contributed by atoms with Crippen molar-refractivity contribution in [1.29, 1.82) is 0 Å². The Morgan fingerprint density at radius 1 is 1.28 bits per heavy atom. The lowest BCUT2D eigenvalue weighted by Crippen LogP contribution is -2.35. The van der Waals surface area contributed by atoms with Gasteiger partial charge in [0.2, 0.25) is 0 Å². The molecule has 0 spiro atoms. The average Bonchev–Trinajstić information content (AvgIpc) is 2.30. The van der Waals surface area contributed by atoms with Crippen LogP contribution >= 0.6 is 0 Å². The quantitative estimate of drug-likeness (QED) is 0.552. The maximum atomic E-state index is 9.82. The highest BCUT2D eigenvalue weighted by Gasteiger charge is 2.17. The van der Waals surface area contributed by atoms with Crippen LogP contribution in [0.2, 0.25) is 0 Å². The predicted octanol–water partition coefficient (Wildman–Crippen LogP) is 1.47. The number of methoxy groups -OCH3 is 1. The van der Waals surface area contributed by atoms with Crippen LogP contribution in [0.1, 0.15) is 40.0 Å². The lowest BCUT2D eigenvalue weighted by Gasteiger charge is -2.25. The van der Waals surface area contributed by atoms with E-state index in [0.717, 1.165) is 45.5 Å². The molecule has 4 nitrogen and oxygen atoms in total. The molecule has 0 fully saturated rings. The van der Waals surface area contributed by atoms with E-state index in [1.807, 2.05) is 6.92 Å². The van der Waals surface area contributed by atoms with E-state index >= 15 is 0 Å².